The van der Waals surface area contributed by atoms with E-state index >= 15 is 0 Å². The van der Waals surface area contributed by atoms with Gasteiger partial charge in [-0.2, -0.15) is 13.2 Å². The molecule has 1 saturated heterocycles. The van der Waals surface area contributed by atoms with Gasteiger partial charge in [0.25, 0.3) is 0 Å². The molecule has 2 nitrogen and oxygen atoms in total. The highest BCUT2D eigenvalue weighted by molar-refractivity contribution is 5.85. The Morgan fingerprint density at radius 3 is 2.23 bits per heavy atom. The number of piperazine rings is 1. The predicted molar refractivity (Wildman–Crippen MR) is 79.1 cm³/mol. The fraction of sp³-hybridized carbons (Fsp3) is 0.538. The van der Waals surface area contributed by atoms with Gasteiger partial charge in [-0.15, -0.1) is 24.8 Å². The molecule has 1 aromatic carbocycles. The van der Waals surface area contributed by atoms with Crippen LogP contribution in [0.3, 0.4) is 0 Å². The summed E-state index contributed by atoms with van der Waals surface area (Å²) in [7, 11) is 0. The highest BCUT2D eigenvalue weighted by atomic mass is 35.5. The lowest BCUT2D eigenvalue weighted by molar-refractivity contribution is -0.138. The molecular formula is C13H17Cl2F5N2. The lowest BCUT2D eigenvalue weighted by Crippen LogP contribution is -2.46. The van der Waals surface area contributed by atoms with Crippen LogP contribution in [0.2, 0.25) is 0 Å². The fourth-order valence-corrected chi connectivity index (χ4v) is 2.44. The Bertz CT molecular complexity index is 464. The molecule has 1 aliphatic rings. The first kappa shape index (κ1) is 21.4. The van der Waals surface area contributed by atoms with Crippen molar-refractivity contribution in [2.75, 3.05) is 32.9 Å². The molecule has 1 aromatic rings. The van der Waals surface area contributed by atoms with E-state index in [0.717, 1.165) is 12.1 Å². The number of nitrogens with one attached hydrogen (secondary N) is 1. The maximum absolute atomic E-state index is 13.3. The van der Waals surface area contributed by atoms with Crippen molar-refractivity contribution in [3.63, 3.8) is 0 Å². The SMILES string of the molecule is Cl.Cl.FC[C@@H](c1cc(F)ccc1C(F)(F)F)N1CCNCC1. The molecule has 1 heterocycles. The van der Waals surface area contributed by atoms with Gasteiger partial charge in [-0.25, -0.2) is 8.78 Å². The Morgan fingerprint density at radius 1 is 1.14 bits per heavy atom. The molecule has 1 fully saturated rings. The van der Waals surface area contributed by atoms with Crippen molar-refractivity contribution in [3.8, 4) is 0 Å². The zero-order valence-corrected chi connectivity index (χ0v) is 13.1. The normalized spacial score (nSPS) is 17.3. The van der Waals surface area contributed by atoms with Crippen molar-refractivity contribution in [1.82, 2.24) is 10.2 Å². The summed E-state index contributed by atoms with van der Waals surface area (Å²) in [5.41, 5.74) is -1.30. The molecule has 0 bridgehead atoms. The molecule has 0 spiro atoms. The minimum Gasteiger partial charge on any atom is -0.314 e. The quantitative estimate of drug-likeness (QED) is 0.822. The van der Waals surface area contributed by atoms with Gasteiger partial charge in [0.2, 0.25) is 0 Å². The molecule has 22 heavy (non-hydrogen) atoms. The second-order valence-corrected chi connectivity index (χ2v) is 4.69. The molecule has 1 N–H and O–H groups in total. The summed E-state index contributed by atoms with van der Waals surface area (Å²) in [6.07, 6.45) is -4.62. The van der Waals surface area contributed by atoms with Crippen molar-refractivity contribution < 1.29 is 22.0 Å². The van der Waals surface area contributed by atoms with Crippen LogP contribution in [-0.4, -0.2) is 37.8 Å². The minimum absolute atomic E-state index is 0. The standard InChI is InChI=1S/C13H15F5N2.2ClH/c14-8-12(20-5-3-19-4-6-20)10-7-9(15)1-2-11(10)13(16,17)18;;/h1-2,7,12,19H,3-6,8H2;2*1H/t12-;;/m0../s1. The van der Waals surface area contributed by atoms with Gasteiger partial charge < -0.3 is 5.32 Å². The number of hydrogen-bond donors (Lipinski definition) is 1. The summed E-state index contributed by atoms with van der Waals surface area (Å²) < 4.78 is 65.5. The highest BCUT2D eigenvalue weighted by Gasteiger charge is 2.37. The highest BCUT2D eigenvalue weighted by Crippen LogP contribution is 2.37. The zero-order valence-electron chi connectivity index (χ0n) is 11.5. The largest absolute Gasteiger partial charge is 0.416 e. The van der Waals surface area contributed by atoms with E-state index in [1.165, 1.54) is 0 Å². The van der Waals surface area contributed by atoms with E-state index in [9.17, 15) is 22.0 Å². The van der Waals surface area contributed by atoms with E-state index in [1.54, 1.807) is 4.90 Å². The average molecular weight is 367 g/mol. The first-order valence-corrected chi connectivity index (χ1v) is 6.31. The van der Waals surface area contributed by atoms with E-state index in [1.807, 2.05) is 0 Å². The fourth-order valence-electron chi connectivity index (χ4n) is 2.44. The van der Waals surface area contributed by atoms with Crippen molar-refractivity contribution >= 4 is 24.8 Å². The Labute approximate surface area is 137 Å². The number of halogens is 7. The van der Waals surface area contributed by atoms with Crippen LogP contribution < -0.4 is 5.32 Å². The molecule has 0 aliphatic carbocycles. The molecule has 0 unspecified atom stereocenters. The summed E-state index contributed by atoms with van der Waals surface area (Å²) in [5, 5.41) is 3.04. The van der Waals surface area contributed by atoms with E-state index in [4.69, 9.17) is 0 Å². The summed E-state index contributed by atoms with van der Waals surface area (Å²) in [5.74, 6) is -0.790. The van der Waals surface area contributed by atoms with Crippen LogP contribution in [0.5, 0.6) is 0 Å². The lowest BCUT2D eigenvalue weighted by atomic mass is 9.98. The van der Waals surface area contributed by atoms with Crippen LogP contribution in [-0.2, 0) is 6.18 Å². The van der Waals surface area contributed by atoms with Crippen molar-refractivity contribution in [2.45, 2.75) is 12.2 Å². The zero-order chi connectivity index (χ0) is 14.8. The third kappa shape index (κ3) is 4.94. The smallest absolute Gasteiger partial charge is 0.314 e. The molecule has 0 amide bonds. The summed E-state index contributed by atoms with van der Waals surface area (Å²) >= 11 is 0. The van der Waals surface area contributed by atoms with E-state index in [2.05, 4.69) is 5.32 Å². The van der Waals surface area contributed by atoms with E-state index < -0.39 is 30.3 Å². The molecule has 0 saturated carbocycles. The number of benzene rings is 1. The van der Waals surface area contributed by atoms with Gasteiger partial charge in [0.15, 0.2) is 0 Å². The third-order valence-corrected chi connectivity index (χ3v) is 3.42. The number of nitrogens with zero attached hydrogens (tertiary/aromatic N) is 1. The van der Waals surface area contributed by atoms with Crippen LogP contribution >= 0.6 is 24.8 Å². The Hall–Kier alpha value is -0.630. The van der Waals surface area contributed by atoms with Crippen LogP contribution in [0, 0.1) is 5.82 Å². The second-order valence-electron chi connectivity index (χ2n) is 4.69. The molecule has 128 valence electrons. The van der Waals surface area contributed by atoms with Gasteiger partial charge >= 0.3 is 6.18 Å². The minimum atomic E-state index is -4.62. The first-order chi connectivity index (χ1) is 9.43. The molecule has 0 aromatic heterocycles. The van der Waals surface area contributed by atoms with Crippen molar-refractivity contribution in [3.05, 3.63) is 35.1 Å². The van der Waals surface area contributed by atoms with Gasteiger partial charge in [0.05, 0.1) is 11.6 Å². The van der Waals surface area contributed by atoms with Crippen LogP contribution in [0.25, 0.3) is 0 Å². The Balaban J connectivity index is 0.00000220. The van der Waals surface area contributed by atoms with Crippen molar-refractivity contribution in [1.29, 1.82) is 0 Å². The van der Waals surface area contributed by atoms with E-state index in [0.29, 0.717) is 32.2 Å². The van der Waals surface area contributed by atoms with Crippen LogP contribution in [0.4, 0.5) is 22.0 Å². The molecule has 0 radical (unpaired) electrons. The molecule has 2 rings (SSSR count). The molecular weight excluding hydrogens is 350 g/mol. The number of rotatable bonds is 3. The second kappa shape index (κ2) is 8.86. The van der Waals surface area contributed by atoms with Crippen LogP contribution in [0.1, 0.15) is 17.2 Å². The first-order valence-electron chi connectivity index (χ1n) is 6.31. The van der Waals surface area contributed by atoms with Gasteiger partial charge in [0.1, 0.15) is 12.5 Å². The lowest BCUT2D eigenvalue weighted by Gasteiger charge is -2.34. The van der Waals surface area contributed by atoms with Gasteiger partial charge in [-0.1, -0.05) is 0 Å². The maximum atomic E-state index is 13.3. The van der Waals surface area contributed by atoms with Gasteiger partial charge in [-0.05, 0) is 23.8 Å². The number of alkyl halides is 4. The molecule has 9 heteroatoms. The monoisotopic (exact) mass is 366 g/mol. The maximum Gasteiger partial charge on any atom is 0.416 e. The Morgan fingerprint density at radius 2 is 1.73 bits per heavy atom. The van der Waals surface area contributed by atoms with Crippen molar-refractivity contribution in [2.24, 2.45) is 0 Å². The third-order valence-electron chi connectivity index (χ3n) is 3.42. The van der Waals surface area contributed by atoms with Gasteiger partial charge in [-0.3, -0.25) is 4.90 Å². The summed E-state index contributed by atoms with van der Waals surface area (Å²) in [6.45, 7) is 1.04. The predicted octanol–water partition coefficient (Wildman–Crippen LogP) is 3.60. The van der Waals surface area contributed by atoms with Gasteiger partial charge in [0, 0.05) is 26.2 Å². The topological polar surface area (TPSA) is 15.3 Å². The van der Waals surface area contributed by atoms with Crippen LogP contribution in [0.15, 0.2) is 18.2 Å². The molecule has 1 aliphatic heterocycles. The molecule has 1 atom stereocenters. The number of hydrogen-bond acceptors (Lipinski definition) is 2. The average Bonchev–Trinajstić information content (AvgIpc) is 2.39. The Kier molecular flexibility index (Phi) is 8.61. The summed E-state index contributed by atoms with van der Waals surface area (Å²) in [6, 6.07) is 1.15. The van der Waals surface area contributed by atoms with E-state index in [-0.39, 0.29) is 30.4 Å². The summed E-state index contributed by atoms with van der Waals surface area (Å²) in [4.78, 5) is 1.61.